The van der Waals surface area contributed by atoms with Gasteiger partial charge in [0, 0.05) is 6.08 Å². The molecule has 4 heteroatoms. The number of fused-ring (bicyclic) bond motifs is 1. The van der Waals surface area contributed by atoms with Gasteiger partial charge in [-0.25, -0.2) is 0 Å². The van der Waals surface area contributed by atoms with Crippen LogP contribution in [0.25, 0.3) is 23.0 Å². The third-order valence-electron chi connectivity index (χ3n) is 3.14. The van der Waals surface area contributed by atoms with E-state index >= 15 is 0 Å². The molecule has 20 heavy (non-hydrogen) atoms. The molecule has 0 spiro atoms. The summed E-state index contributed by atoms with van der Waals surface area (Å²) in [5.41, 5.74) is 4.06. The Labute approximate surface area is 117 Å². The van der Waals surface area contributed by atoms with Crippen molar-refractivity contribution in [1.29, 1.82) is 0 Å². The van der Waals surface area contributed by atoms with Crippen LogP contribution in [0.15, 0.2) is 48.5 Å². The first-order valence-electron chi connectivity index (χ1n) is 6.41. The number of rotatable bonds is 3. The molecule has 0 N–H and O–H groups in total. The highest BCUT2D eigenvalue weighted by molar-refractivity contribution is 5.79. The Bertz CT molecular complexity index is 757. The fraction of sp³-hybridized carbons (Fsp3) is 0.125. The highest BCUT2D eigenvalue weighted by Gasteiger charge is 2.08. The van der Waals surface area contributed by atoms with Gasteiger partial charge in [-0.3, -0.25) is 0 Å². The number of aryl methyl sites for hydroxylation is 1. The van der Waals surface area contributed by atoms with Crippen LogP contribution in [0, 0.1) is 6.92 Å². The first kappa shape index (κ1) is 12.4. The zero-order valence-electron chi connectivity index (χ0n) is 11.4. The highest BCUT2D eigenvalue weighted by Crippen LogP contribution is 2.18. The lowest BCUT2D eigenvalue weighted by molar-refractivity contribution is 0.340. The monoisotopic (exact) mass is 265 g/mol. The molecule has 4 nitrogen and oxygen atoms in total. The second-order valence-electron chi connectivity index (χ2n) is 4.59. The van der Waals surface area contributed by atoms with Crippen molar-refractivity contribution in [1.82, 2.24) is 15.0 Å². The molecule has 0 bridgehead atoms. The Morgan fingerprint density at radius 3 is 2.60 bits per heavy atom. The second kappa shape index (κ2) is 5.17. The molecule has 0 aliphatic carbocycles. The quantitative estimate of drug-likeness (QED) is 0.682. The van der Waals surface area contributed by atoms with E-state index in [2.05, 4.69) is 29.4 Å². The summed E-state index contributed by atoms with van der Waals surface area (Å²) in [6, 6.07) is 16.0. The van der Waals surface area contributed by atoms with Crippen LogP contribution in [0.1, 0.15) is 11.1 Å². The Kier molecular flexibility index (Phi) is 3.21. The smallest absolute Gasteiger partial charge is 0.216 e. The van der Waals surface area contributed by atoms with Gasteiger partial charge in [0.1, 0.15) is 5.52 Å². The van der Waals surface area contributed by atoms with Crippen molar-refractivity contribution >= 4 is 23.0 Å². The Morgan fingerprint density at radius 2 is 1.85 bits per heavy atom. The standard InChI is InChI=1S/C16H15N3O/c1-12-7-9-13(10-8-12)11-16(20-2)19-15-6-4-3-5-14(15)17-18-19/h3-11H,1-2H3/b16-11+. The summed E-state index contributed by atoms with van der Waals surface area (Å²) in [6.45, 7) is 2.07. The summed E-state index contributed by atoms with van der Waals surface area (Å²) in [5, 5.41) is 8.29. The minimum absolute atomic E-state index is 0.641. The second-order valence-corrected chi connectivity index (χ2v) is 4.59. The molecule has 0 fully saturated rings. The topological polar surface area (TPSA) is 39.9 Å². The van der Waals surface area contributed by atoms with Crippen molar-refractivity contribution in [2.45, 2.75) is 6.92 Å². The molecule has 0 unspecified atom stereocenters. The van der Waals surface area contributed by atoms with Gasteiger partial charge in [0.05, 0.1) is 12.6 Å². The molecule has 3 aromatic rings. The number of hydrogen-bond donors (Lipinski definition) is 0. The normalized spacial score (nSPS) is 11.8. The van der Waals surface area contributed by atoms with Crippen molar-refractivity contribution in [3.05, 3.63) is 59.7 Å². The van der Waals surface area contributed by atoms with Gasteiger partial charge < -0.3 is 4.74 Å². The van der Waals surface area contributed by atoms with E-state index in [0.717, 1.165) is 16.6 Å². The Balaban J connectivity index is 2.07. The molecule has 0 saturated heterocycles. The zero-order chi connectivity index (χ0) is 13.9. The summed E-state index contributed by atoms with van der Waals surface area (Å²) < 4.78 is 7.16. The number of hydrogen-bond acceptors (Lipinski definition) is 3. The van der Waals surface area contributed by atoms with Gasteiger partial charge in [0.15, 0.2) is 0 Å². The Hall–Kier alpha value is -2.62. The number of aromatic nitrogens is 3. The van der Waals surface area contributed by atoms with E-state index in [9.17, 15) is 0 Å². The minimum atomic E-state index is 0.641. The van der Waals surface area contributed by atoms with Crippen molar-refractivity contribution < 1.29 is 4.74 Å². The van der Waals surface area contributed by atoms with Gasteiger partial charge in [0.2, 0.25) is 5.88 Å². The SMILES string of the molecule is CO/C(=C/c1ccc(C)cc1)n1nnc2ccccc21. The number of benzene rings is 2. The molecule has 1 aromatic heterocycles. The average Bonchev–Trinajstić information content (AvgIpc) is 2.91. The van der Waals surface area contributed by atoms with Gasteiger partial charge in [0.25, 0.3) is 0 Å². The van der Waals surface area contributed by atoms with Gasteiger partial charge in [-0.05, 0) is 24.6 Å². The third kappa shape index (κ3) is 2.28. The first-order valence-corrected chi connectivity index (χ1v) is 6.41. The summed E-state index contributed by atoms with van der Waals surface area (Å²) >= 11 is 0. The maximum atomic E-state index is 5.46. The molecular weight excluding hydrogens is 250 g/mol. The average molecular weight is 265 g/mol. The summed E-state index contributed by atoms with van der Waals surface area (Å²) in [4.78, 5) is 0. The Morgan fingerprint density at radius 1 is 1.10 bits per heavy atom. The molecule has 0 amide bonds. The van der Waals surface area contributed by atoms with E-state index < -0.39 is 0 Å². The van der Waals surface area contributed by atoms with Gasteiger partial charge in [-0.2, -0.15) is 4.68 Å². The van der Waals surface area contributed by atoms with Crippen molar-refractivity contribution in [3.63, 3.8) is 0 Å². The van der Waals surface area contributed by atoms with Crippen LogP contribution in [0.3, 0.4) is 0 Å². The van der Waals surface area contributed by atoms with E-state index in [-0.39, 0.29) is 0 Å². The number of para-hydroxylation sites is 1. The summed E-state index contributed by atoms with van der Waals surface area (Å²) in [6.07, 6.45) is 1.94. The molecule has 0 atom stereocenters. The van der Waals surface area contributed by atoms with Crippen LogP contribution in [-0.4, -0.2) is 22.1 Å². The van der Waals surface area contributed by atoms with Crippen LogP contribution >= 0.6 is 0 Å². The van der Waals surface area contributed by atoms with Gasteiger partial charge >= 0.3 is 0 Å². The third-order valence-corrected chi connectivity index (χ3v) is 3.14. The van der Waals surface area contributed by atoms with E-state index in [0.29, 0.717) is 5.88 Å². The van der Waals surface area contributed by atoms with Crippen molar-refractivity contribution in [2.24, 2.45) is 0 Å². The number of methoxy groups -OCH3 is 1. The van der Waals surface area contributed by atoms with Crippen LogP contribution in [0.4, 0.5) is 0 Å². The minimum Gasteiger partial charge on any atom is -0.481 e. The number of ether oxygens (including phenoxy) is 1. The van der Waals surface area contributed by atoms with Crippen LogP contribution in [0.5, 0.6) is 0 Å². The van der Waals surface area contributed by atoms with E-state index in [1.54, 1.807) is 11.8 Å². The largest absolute Gasteiger partial charge is 0.481 e. The predicted molar refractivity (Wildman–Crippen MR) is 79.9 cm³/mol. The molecule has 0 aliphatic rings. The number of nitrogens with zero attached hydrogens (tertiary/aromatic N) is 3. The molecule has 100 valence electrons. The molecule has 3 rings (SSSR count). The fourth-order valence-electron chi connectivity index (χ4n) is 2.04. The maximum absolute atomic E-state index is 5.46. The summed E-state index contributed by atoms with van der Waals surface area (Å²) in [5.74, 6) is 0.641. The van der Waals surface area contributed by atoms with Gasteiger partial charge in [-0.1, -0.05) is 47.2 Å². The van der Waals surface area contributed by atoms with E-state index in [1.165, 1.54) is 5.56 Å². The van der Waals surface area contributed by atoms with Crippen LogP contribution < -0.4 is 0 Å². The zero-order valence-corrected chi connectivity index (χ0v) is 11.4. The molecule has 2 aromatic carbocycles. The van der Waals surface area contributed by atoms with Gasteiger partial charge in [-0.15, -0.1) is 5.10 Å². The van der Waals surface area contributed by atoms with Crippen LogP contribution in [-0.2, 0) is 4.74 Å². The highest BCUT2D eigenvalue weighted by atomic mass is 16.5. The molecule has 0 radical (unpaired) electrons. The first-order chi connectivity index (χ1) is 9.78. The fourth-order valence-corrected chi connectivity index (χ4v) is 2.04. The predicted octanol–water partition coefficient (Wildman–Crippen LogP) is 3.34. The lowest BCUT2D eigenvalue weighted by Gasteiger charge is -2.06. The van der Waals surface area contributed by atoms with Crippen molar-refractivity contribution in [3.8, 4) is 0 Å². The lowest BCUT2D eigenvalue weighted by atomic mass is 10.1. The van der Waals surface area contributed by atoms with E-state index in [1.807, 2.05) is 42.5 Å². The van der Waals surface area contributed by atoms with E-state index in [4.69, 9.17) is 4.74 Å². The van der Waals surface area contributed by atoms with Crippen LogP contribution in [0.2, 0.25) is 0 Å². The molecule has 0 aliphatic heterocycles. The summed E-state index contributed by atoms with van der Waals surface area (Å²) in [7, 11) is 1.64. The molecule has 0 saturated carbocycles. The maximum Gasteiger partial charge on any atom is 0.216 e. The van der Waals surface area contributed by atoms with Crippen molar-refractivity contribution in [2.75, 3.05) is 7.11 Å². The lowest BCUT2D eigenvalue weighted by Crippen LogP contribution is -2.01. The molecular formula is C16H15N3O. The molecule has 1 heterocycles.